The predicted octanol–water partition coefficient (Wildman–Crippen LogP) is 3.43. The second kappa shape index (κ2) is 6.57. The van der Waals surface area contributed by atoms with Crippen LogP contribution in [-0.4, -0.2) is 13.3 Å². The maximum atomic E-state index is 12.6. The Hall–Kier alpha value is -2.25. The van der Waals surface area contributed by atoms with Gasteiger partial charge in [-0.2, -0.15) is 0 Å². The Morgan fingerprint density at radius 1 is 1.12 bits per heavy atom. The molecule has 6 nitrogen and oxygen atoms in total. The number of nitrogens with zero attached hydrogens (tertiary/aromatic N) is 1. The molecular weight excluding hydrogens is 340 g/mol. The van der Waals surface area contributed by atoms with Crippen LogP contribution in [0.5, 0.6) is 0 Å². The van der Waals surface area contributed by atoms with Crippen LogP contribution in [0.25, 0.3) is 0 Å². The van der Waals surface area contributed by atoms with Crippen molar-refractivity contribution in [1.29, 1.82) is 0 Å². The summed E-state index contributed by atoms with van der Waals surface area (Å²) >= 11 is 0. The zero-order chi connectivity index (χ0) is 18.2. The summed E-state index contributed by atoms with van der Waals surface area (Å²) < 4.78 is 27.8. The van der Waals surface area contributed by atoms with Crippen LogP contribution in [0, 0.1) is 17.0 Å². The smallest absolute Gasteiger partial charge is 0.258 e. The molecule has 25 heavy (non-hydrogen) atoms. The van der Waals surface area contributed by atoms with Crippen molar-refractivity contribution in [2.75, 3.05) is 0 Å². The molecule has 0 fully saturated rings. The van der Waals surface area contributed by atoms with Gasteiger partial charge in [-0.1, -0.05) is 24.3 Å². The molecule has 0 saturated carbocycles. The van der Waals surface area contributed by atoms with Gasteiger partial charge in [-0.15, -0.1) is 0 Å². The van der Waals surface area contributed by atoms with Crippen molar-refractivity contribution < 1.29 is 13.3 Å². The fraction of sp³-hybridized carbons (Fsp3) is 0.333. The number of sulfonamides is 1. The molecule has 0 aliphatic heterocycles. The molecule has 0 spiro atoms. The Bertz CT molecular complexity index is 938. The van der Waals surface area contributed by atoms with Gasteiger partial charge in [-0.3, -0.25) is 10.1 Å². The van der Waals surface area contributed by atoms with Gasteiger partial charge in [0.2, 0.25) is 10.0 Å². The van der Waals surface area contributed by atoms with Crippen LogP contribution in [-0.2, 0) is 22.9 Å². The third-order valence-corrected chi connectivity index (χ3v) is 6.18. The van der Waals surface area contributed by atoms with Crippen molar-refractivity contribution in [1.82, 2.24) is 4.72 Å². The van der Waals surface area contributed by atoms with E-state index in [0.29, 0.717) is 5.56 Å². The first kappa shape index (κ1) is 17.6. The number of benzene rings is 2. The first-order valence-electron chi connectivity index (χ1n) is 8.17. The van der Waals surface area contributed by atoms with Crippen LogP contribution < -0.4 is 4.72 Å². The van der Waals surface area contributed by atoms with Crippen molar-refractivity contribution in [3.05, 3.63) is 68.8 Å². The highest BCUT2D eigenvalue weighted by molar-refractivity contribution is 7.89. The van der Waals surface area contributed by atoms with E-state index in [2.05, 4.69) is 10.8 Å². The van der Waals surface area contributed by atoms with Crippen molar-refractivity contribution in [2.45, 2.75) is 44.0 Å². The quantitative estimate of drug-likeness (QED) is 0.653. The number of aryl methyl sites for hydroxylation is 3. The topological polar surface area (TPSA) is 89.3 Å². The zero-order valence-corrected chi connectivity index (χ0v) is 15.0. The molecule has 0 aromatic heterocycles. The minimum absolute atomic E-state index is 0.0992. The summed E-state index contributed by atoms with van der Waals surface area (Å²) in [7, 11) is -3.85. The number of nitrogens with one attached hydrogen (secondary N) is 1. The van der Waals surface area contributed by atoms with E-state index in [1.807, 2.05) is 12.1 Å². The number of nitro benzene ring substituents is 1. The third-order valence-electron chi connectivity index (χ3n) is 4.64. The van der Waals surface area contributed by atoms with Crippen LogP contribution in [0.2, 0.25) is 0 Å². The molecular formula is C18H20N2O4S. The van der Waals surface area contributed by atoms with Crippen molar-refractivity contribution >= 4 is 15.7 Å². The number of nitro groups is 1. The van der Waals surface area contributed by atoms with E-state index < -0.39 is 21.0 Å². The summed E-state index contributed by atoms with van der Waals surface area (Å²) in [6, 6.07) is 9.57. The van der Waals surface area contributed by atoms with Gasteiger partial charge in [-0.25, -0.2) is 13.1 Å². The number of rotatable bonds is 5. The summed E-state index contributed by atoms with van der Waals surface area (Å²) in [6.45, 7) is 3.35. The summed E-state index contributed by atoms with van der Waals surface area (Å²) in [4.78, 5) is 10.4. The zero-order valence-electron chi connectivity index (χ0n) is 14.2. The maximum absolute atomic E-state index is 12.6. The van der Waals surface area contributed by atoms with Crippen molar-refractivity contribution in [3.63, 3.8) is 0 Å². The van der Waals surface area contributed by atoms with Gasteiger partial charge in [0.1, 0.15) is 0 Å². The lowest BCUT2D eigenvalue weighted by molar-refractivity contribution is -0.385. The van der Waals surface area contributed by atoms with Gasteiger partial charge < -0.3 is 0 Å². The lowest BCUT2D eigenvalue weighted by atomic mass is 10.0. The lowest BCUT2D eigenvalue weighted by Gasteiger charge is -2.16. The molecule has 1 atom stereocenters. The van der Waals surface area contributed by atoms with E-state index in [4.69, 9.17) is 0 Å². The van der Waals surface area contributed by atoms with E-state index in [1.54, 1.807) is 13.8 Å². The summed E-state index contributed by atoms with van der Waals surface area (Å²) in [5.41, 5.74) is 3.72. The van der Waals surface area contributed by atoms with Crippen LogP contribution in [0.3, 0.4) is 0 Å². The highest BCUT2D eigenvalue weighted by atomic mass is 32.2. The number of hydrogen-bond acceptors (Lipinski definition) is 4. The Labute approximate surface area is 147 Å². The lowest BCUT2D eigenvalue weighted by Crippen LogP contribution is -2.27. The summed E-state index contributed by atoms with van der Waals surface area (Å²) in [5, 5.41) is 11.0. The fourth-order valence-electron chi connectivity index (χ4n) is 3.18. The van der Waals surface area contributed by atoms with Gasteiger partial charge in [0.05, 0.1) is 9.82 Å². The molecule has 0 bridgehead atoms. The van der Waals surface area contributed by atoms with Gasteiger partial charge in [0.15, 0.2) is 0 Å². The number of fused-ring (bicyclic) bond motifs is 1. The van der Waals surface area contributed by atoms with Crippen LogP contribution in [0.4, 0.5) is 5.69 Å². The average molecular weight is 360 g/mol. The van der Waals surface area contributed by atoms with Crippen LogP contribution in [0.1, 0.15) is 41.6 Å². The Balaban J connectivity index is 1.86. The molecule has 0 unspecified atom stereocenters. The van der Waals surface area contributed by atoms with Gasteiger partial charge in [0.25, 0.3) is 5.69 Å². The summed E-state index contributed by atoms with van der Waals surface area (Å²) in [5.74, 6) is 0. The largest absolute Gasteiger partial charge is 0.273 e. The highest BCUT2D eigenvalue weighted by Crippen LogP contribution is 2.27. The molecule has 1 N–H and O–H groups in total. The minimum Gasteiger partial charge on any atom is -0.258 e. The average Bonchev–Trinajstić information content (AvgIpc) is 3.01. The van der Waals surface area contributed by atoms with E-state index in [0.717, 1.165) is 30.9 Å². The molecule has 7 heteroatoms. The van der Waals surface area contributed by atoms with Gasteiger partial charge >= 0.3 is 0 Å². The monoisotopic (exact) mass is 360 g/mol. The van der Waals surface area contributed by atoms with Crippen molar-refractivity contribution in [3.8, 4) is 0 Å². The minimum atomic E-state index is -3.85. The summed E-state index contributed by atoms with van der Waals surface area (Å²) in [6.07, 6.45) is 3.22. The Morgan fingerprint density at radius 3 is 2.56 bits per heavy atom. The van der Waals surface area contributed by atoms with Crippen LogP contribution >= 0.6 is 0 Å². The van der Waals surface area contributed by atoms with Gasteiger partial charge in [0, 0.05) is 17.7 Å². The van der Waals surface area contributed by atoms with E-state index in [9.17, 15) is 18.5 Å². The SMILES string of the molecule is Cc1ccc(S(=O)(=O)N[C@@H](C)c2ccc3c(c2)CCC3)cc1[N+](=O)[O-]. The molecule has 0 saturated heterocycles. The Kier molecular flexibility index (Phi) is 4.62. The normalized spacial score (nSPS) is 15.0. The maximum Gasteiger partial charge on any atom is 0.273 e. The fourth-order valence-corrected chi connectivity index (χ4v) is 4.43. The van der Waals surface area contributed by atoms with Crippen molar-refractivity contribution in [2.24, 2.45) is 0 Å². The van der Waals surface area contributed by atoms with E-state index in [-0.39, 0.29) is 10.6 Å². The molecule has 3 rings (SSSR count). The Morgan fingerprint density at radius 2 is 1.84 bits per heavy atom. The van der Waals surface area contributed by atoms with E-state index in [1.165, 1.54) is 23.3 Å². The molecule has 1 aliphatic rings. The molecule has 2 aromatic carbocycles. The first-order valence-corrected chi connectivity index (χ1v) is 9.65. The number of hydrogen-bond donors (Lipinski definition) is 1. The molecule has 1 aliphatic carbocycles. The third kappa shape index (κ3) is 3.57. The van der Waals surface area contributed by atoms with Gasteiger partial charge in [-0.05, 0) is 55.9 Å². The molecule has 0 radical (unpaired) electrons. The second-order valence-electron chi connectivity index (χ2n) is 6.43. The molecule has 132 valence electrons. The highest BCUT2D eigenvalue weighted by Gasteiger charge is 2.23. The van der Waals surface area contributed by atoms with Crippen LogP contribution in [0.15, 0.2) is 41.3 Å². The standard InChI is InChI=1S/C18H20N2O4S/c1-12-6-9-17(11-18(12)20(21)22)25(23,24)19-13(2)15-8-7-14-4-3-5-16(14)10-15/h6-11,13,19H,3-5H2,1-2H3/t13-/m0/s1. The first-order chi connectivity index (χ1) is 11.8. The predicted molar refractivity (Wildman–Crippen MR) is 95.0 cm³/mol. The second-order valence-corrected chi connectivity index (χ2v) is 8.14. The molecule has 0 amide bonds. The van der Waals surface area contributed by atoms with E-state index >= 15 is 0 Å². The molecule has 2 aromatic rings. The molecule has 0 heterocycles.